The maximum absolute atomic E-state index is 10.6. The molecule has 6 nitrogen and oxygen atoms in total. The molecule has 0 amide bonds. The number of carboxylic acids is 1. The standard InChI is InChI=1S/C8H9N3O3/c1-6(8(12)13)11(10-14)7-3-2-4-9-5-7/h2-6H,1H3,(H,12,13)/t6-/m0/s1. The van der Waals surface area contributed by atoms with Crippen LogP contribution in [-0.2, 0) is 4.79 Å². The van der Waals surface area contributed by atoms with E-state index in [1.165, 1.54) is 19.3 Å². The lowest BCUT2D eigenvalue weighted by atomic mass is 10.3. The number of pyridine rings is 1. The third-order valence-corrected chi connectivity index (χ3v) is 1.72. The topological polar surface area (TPSA) is 82.9 Å². The highest BCUT2D eigenvalue weighted by Gasteiger charge is 2.21. The average molecular weight is 195 g/mol. The van der Waals surface area contributed by atoms with Gasteiger partial charge in [0.05, 0.1) is 17.2 Å². The molecule has 0 fully saturated rings. The van der Waals surface area contributed by atoms with Gasteiger partial charge in [0.25, 0.3) is 0 Å². The van der Waals surface area contributed by atoms with E-state index in [2.05, 4.69) is 10.3 Å². The van der Waals surface area contributed by atoms with Crippen LogP contribution in [0.25, 0.3) is 0 Å². The SMILES string of the molecule is C[C@@H](C(=O)O)N(N=O)c1cccnc1. The molecule has 0 aliphatic carbocycles. The zero-order chi connectivity index (χ0) is 10.6. The number of carboxylic acid groups (broad SMARTS) is 1. The molecule has 74 valence electrons. The number of anilines is 1. The first-order chi connectivity index (χ1) is 6.66. The van der Waals surface area contributed by atoms with Crippen LogP contribution in [0, 0.1) is 4.91 Å². The molecule has 1 aromatic heterocycles. The molecule has 0 aliphatic rings. The summed E-state index contributed by atoms with van der Waals surface area (Å²) in [5, 5.41) is 12.2. The average Bonchev–Trinajstić information content (AvgIpc) is 2.20. The summed E-state index contributed by atoms with van der Waals surface area (Å²) in [7, 11) is 0. The number of nitrogens with zero attached hydrogens (tertiary/aromatic N) is 3. The van der Waals surface area contributed by atoms with Gasteiger partial charge in [-0.1, -0.05) is 0 Å². The number of aliphatic carboxylic acids is 1. The van der Waals surface area contributed by atoms with Crippen molar-refractivity contribution in [3.8, 4) is 0 Å². The molecule has 1 heterocycles. The zero-order valence-electron chi connectivity index (χ0n) is 7.49. The van der Waals surface area contributed by atoms with Gasteiger partial charge in [-0.3, -0.25) is 4.98 Å². The van der Waals surface area contributed by atoms with Crippen LogP contribution in [0.1, 0.15) is 6.92 Å². The molecule has 0 aliphatic heterocycles. The Morgan fingerprint density at radius 2 is 2.43 bits per heavy atom. The second-order valence-corrected chi connectivity index (χ2v) is 2.65. The molecular formula is C8H9N3O3. The predicted molar refractivity (Wildman–Crippen MR) is 49.6 cm³/mol. The Labute approximate surface area is 80.1 Å². The van der Waals surface area contributed by atoms with Gasteiger partial charge in [0.1, 0.15) is 6.04 Å². The molecule has 0 saturated heterocycles. The molecular weight excluding hydrogens is 186 g/mol. The Morgan fingerprint density at radius 3 is 2.86 bits per heavy atom. The molecule has 0 unspecified atom stereocenters. The lowest BCUT2D eigenvalue weighted by Gasteiger charge is -2.18. The summed E-state index contributed by atoms with van der Waals surface area (Å²) in [6.07, 6.45) is 2.90. The number of aromatic nitrogens is 1. The van der Waals surface area contributed by atoms with Crippen molar-refractivity contribution in [2.75, 3.05) is 5.01 Å². The second-order valence-electron chi connectivity index (χ2n) is 2.65. The van der Waals surface area contributed by atoms with E-state index >= 15 is 0 Å². The molecule has 6 heteroatoms. The van der Waals surface area contributed by atoms with Crippen molar-refractivity contribution in [2.45, 2.75) is 13.0 Å². The summed E-state index contributed by atoms with van der Waals surface area (Å²) < 4.78 is 0. The van der Waals surface area contributed by atoms with E-state index in [1.807, 2.05) is 0 Å². The monoisotopic (exact) mass is 195 g/mol. The summed E-state index contributed by atoms with van der Waals surface area (Å²) >= 11 is 0. The summed E-state index contributed by atoms with van der Waals surface area (Å²) in [6, 6.07) is 2.16. The number of hydrogen-bond acceptors (Lipinski definition) is 4. The molecule has 0 bridgehead atoms. The first-order valence-corrected chi connectivity index (χ1v) is 3.92. The smallest absolute Gasteiger partial charge is 0.328 e. The molecule has 0 saturated carbocycles. The van der Waals surface area contributed by atoms with Crippen molar-refractivity contribution in [3.05, 3.63) is 29.4 Å². The Bertz CT molecular complexity index is 328. The van der Waals surface area contributed by atoms with Crippen molar-refractivity contribution >= 4 is 11.7 Å². The van der Waals surface area contributed by atoms with Crippen LogP contribution in [-0.4, -0.2) is 22.1 Å². The molecule has 0 radical (unpaired) electrons. The Morgan fingerprint density at radius 1 is 1.71 bits per heavy atom. The fourth-order valence-electron chi connectivity index (χ4n) is 0.935. The molecule has 0 aromatic carbocycles. The quantitative estimate of drug-likeness (QED) is 0.573. The minimum atomic E-state index is -1.12. The van der Waals surface area contributed by atoms with Crippen molar-refractivity contribution in [3.63, 3.8) is 0 Å². The summed E-state index contributed by atoms with van der Waals surface area (Å²) in [4.78, 5) is 24.8. The normalized spacial score (nSPS) is 11.8. The van der Waals surface area contributed by atoms with Gasteiger partial charge < -0.3 is 5.11 Å². The van der Waals surface area contributed by atoms with E-state index in [0.29, 0.717) is 5.69 Å². The molecule has 1 atom stereocenters. The van der Waals surface area contributed by atoms with Gasteiger partial charge in [0.15, 0.2) is 0 Å². The lowest BCUT2D eigenvalue weighted by Crippen LogP contribution is -2.34. The fourth-order valence-corrected chi connectivity index (χ4v) is 0.935. The van der Waals surface area contributed by atoms with Crippen LogP contribution < -0.4 is 5.01 Å². The predicted octanol–water partition coefficient (Wildman–Crippen LogP) is 1.04. The molecule has 1 rings (SSSR count). The van der Waals surface area contributed by atoms with Gasteiger partial charge in [0, 0.05) is 6.20 Å². The maximum atomic E-state index is 10.6. The highest BCUT2D eigenvalue weighted by Crippen LogP contribution is 2.15. The number of rotatable bonds is 4. The second kappa shape index (κ2) is 4.31. The van der Waals surface area contributed by atoms with Gasteiger partial charge in [-0.15, -0.1) is 4.91 Å². The van der Waals surface area contributed by atoms with E-state index in [0.717, 1.165) is 5.01 Å². The number of nitroso groups, excluding NO2 is 1. The Balaban J connectivity index is 2.93. The van der Waals surface area contributed by atoms with Crippen molar-refractivity contribution < 1.29 is 9.90 Å². The lowest BCUT2D eigenvalue weighted by molar-refractivity contribution is -0.138. The summed E-state index contributed by atoms with van der Waals surface area (Å²) in [6.45, 7) is 1.37. The van der Waals surface area contributed by atoms with Gasteiger partial charge in [-0.2, -0.15) is 0 Å². The van der Waals surface area contributed by atoms with Crippen LogP contribution in [0.3, 0.4) is 0 Å². The van der Waals surface area contributed by atoms with E-state index in [4.69, 9.17) is 5.11 Å². The third kappa shape index (κ3) is 2.03. The largest absolute Gasteiger partial charge is 0.480 e. The third-order valence-electron chi connectivity index (χ3n) is 1.72. The van der Waals surface area contributed by atoms with E-state index in [9.17, 15) is 9.70 Å². The van der Waals surface area contributed by atoms with Crippen LogP contribution in [0.4, 0.5) is 5.69 Å². The highest BCUT2D eigenvalue weighted by molar-refractivity contribution is 5.77. The van der Waals surface area contributed by atoms with Crippen molar-refractivity contribution in [1.82, 2.24) is 4.98 Å². The Kier molecular flexibility index (Phi) is 3.11. The van der Waals surface area contributed by atoms with Gasteiger partial charge >= 0.3 is 5.97 Å². The van der Waals surface area contributed by atoms with Gasteiger partial charge in [-0.05, 0) is 19.1 Å². The van der Waals surface area contributed by atoms with Crippen molar-refractivity contribution in [1.29, 1.82) is 0 Å². The summed E-state index contributed by atoms with van der Waals surface area (Å²) in [5.41, 5.74) is 0.359. The molecule has 0 spiro atoms. The van der Waals surface area contributed by atoms with Crippen LogP contribution in [0.15, 0.2) is 29.8 Å². The maximum Gasteiger partial charge on any atom is 0.328 e. The van der Waals surface area contributed by atoms with Gasteiger partial charge in [0.2, 0.25) is 0 Å². The first kappa shape index (κ1) is 10.1. The molecule has 14 heavy (non-hydrogen) atoms. The van der Waals surface area contributed by atoms with Crippen LogP contribution in [0.5, 0.6) is 0 Å². The van der Waals surface area contributed by atoms with Crippen LogP contribution in [0.2, 0.25) is 0 Å². The zero-order valence-corrected chi connectivity index (χ0v) is 7.49. The minimum Gasteiger partial charge on any atom is -0.480 e. The number of hydrogen-bond donors (Lipinski definition) is 1. The fraction of sp³-hybridized carbons (Fsp3) is 0.250. The van der Waals surface area contributed by atoms with Crippen molar-refractivity contribution in [2.24, 2.45) is 5.29 Å². The minimum absolute atomic E-state index is 0.359. The summed E-state index contributed by atoms with van der Waals surface area (Å²) in [5.74, 6) is -1.12. The van der Waals surface area contributed by atoms with Crippen LogP contribution >= 0.6 is 0 Å². The molecule has 1 aromatic rings. The Hall–Kier alpha value is -1.98. The van der Waals surface area contributed by atoms with Gasteiger partial charge in [-0.25, -0.2) is 9.80 Å². The number of carbonyl (C=O) groups is 1. The highest BCUT2D eigenvalue weighted by atomic mass is 16.4. The van der Waals surface area contributed by atoms with E-state index < -0.39 is 12.0 Å². The first-order valence-electron chi connectivity index (χ1n) is 3.92. The van der Waals surface area contributed by atoms with E-state index in [1.54, 1.807) is 12.1 Å². The molecule has 1 N–H and O–H groups in total. The van der Waals surface area contributed by atoms with E-state index in [-0.39, 0.29) is 0 Å².